The van der Waals surface area contributed by atoms with Gasteiger partial charge in [-0.1, -0.05) is 0 Å². The van der Waals surface area contributed by atoms with Crippen LogP contribution in [0.4, 0.5) is 5.82 Å². The second kappa shape index (κ2) is 4.67. The Balaban J connectivity index is 2.02. The molecule has 1 N–H and O–H groups in total. The van der Waals surface area contributed by atoms with Gasteiger partial charge in [0.25, 0.3) is 0 Å². The maximum absolute atomic E-state index is 4.19. The Morgan fingerprint density at radius 3 is 2.93 bits per heavy atom. The number of hydrogen-bond acceptors (Lipinski definition) is 5. The Kier molecular flexibility index (Phi) is 3.27. The molecular formula is C9H9BrN4S. The van der Waals surface area contributed by atoms with Crippen LogP contribution in [0.15, 0.2) is 23.2 Å². The Bertz CT molecular complexity index is 457. The monoisotopic (exact) mass is 284 g/mol. The molecule has 0 saturated carbocycles. The number of hydrogen-bond donors (Lipinski definition) is 1. The van der Waals surface area contributed by atoms with E-state index in [-0.39, 0.29) is 0 Å². The topological polar surface area (TPSA) is 50.7 Å². The molecule has 78 valence electrons. The van der Waals surface area contributed by atoms with Gasteiger partial charge < -0.3 is 5.32 Å². The van der Waals surface area contributed by atoms with Gasteiger partial charge in [-0.2, -0.15) is 0 Å². The van der Waals surface area contributed by atoms with Crippen molar-refractivity contribution >= 4 is 33.1 Å². The normalized spacial score (nSPS) is 10.3. The molecule has 0 atom stereocenters. The van der Waals surface area contributed by atoms with Gasteiger partial charge in [-0.3, -0.25) is 0 Å². The van der Waals surface area contributed by atoms with Crippen molar-refractivity contribution in [1.29, 1.82) is 0 Å². The molecule has 0 fully saturated rings. The highest BCUT2D eigenvalue weighted by Gasteiger charge is 2.01. The van der Waals surface area contributed by atoms with Gasteiger partial charge in [-0.15, -0.1) is 11.3 Å². The number of thiazole rings is 1. The molecule has 0 saturated heterocycles. The maximum atomic E-state index is 4.19. The summed E-state index contributed by atoms with van der Waals surface area (Å²) in [4.78, 5) is 13.4. The summed E-state index contributed by atoms with van der Waals surface area (Å²) < 4.78 is 0.867. The van der Waals surface area contributed by atoms with Crippen molar-refractivity contribution in [3.8, 4) is 0 Å². The molecule has 0 aliphatic carbocycles. The molecule has 0 radical (unpaired) electrons. The molecule has 0 bridgehead atoms. The van der Waals surface area contributed by atoms with Crippen LogP contribution in [0.3, 0.4) is 0 Å². The quantitative estimate of drug-likeness (QED) is 0.941. The molecule has 0 aliphatic rings. The van der Waals surface area contributed by atoms with E-state index in [2.05, 4.69) is 36.2 Å². The molecule has 0 amide bonds. The lowest BCUT2D eigenvalue weighted by Crippen LogP contribution is -2.00. The van der Waals surface area contributed by atoms with Crippen LogP contribution in [-0.4, -0.2) is 15.0 Å². The maximum Gasteiger partial charge on any atom is 0.144 e. The Hall–Kier alpha value is -1.01. The predicted octanol–water partition coefficient (Wildman–Crippen LogP) is 2.62. The molecule has 6 heteroatoms. The molecule has 2 heterocycles. The second-order valence-electron chi connectivity index (χ2n) is 2.92. The molecule has 0 unspecified atom stereocenters. The number of aryl methyl sites for hydroxylation is 1. The number of halogens is 1. The fraction of sp³-hybridized carbons (Fsp3) is 0.222. The van der Waals surface area contributed by atoms with Crippen LogP contribution < -0.4 is 5.32 Å². The molecule has 0 aromatic carbocycles. The summed E-state index contributed by atoms with van der Waals surface area (Å²) in [5.41, 5.74) is 0. The third-order valence-electron chi connectivity index (χ3n) is 1.77. The van der Waals surface area contributed by atoms with Crippen LogP contribution >= 0.6 is 27.3 Å². The number of anilines is 1. The SMILES string of the molecule is Cc1ncc(CNc2ncncc2Br)s1. The van der Waals surface area contributed by atoms with E-state index in [1.807, 2.05) is 13.1 Å². The zero-order valence-corrected chi connectivity index (χ0v) is 10.5. The van der Waals surface area contributed by atoms with Crippen molar-refractivity contribution in [1.82, 2.24) is 15.0 Å². The van der Waals surface area contributed by atoms with Gasteiger partial charge in [0.15, 0.2) is 0 Å². The van der Waals surface area contributed by atoms with Gasteiger partial charge in [-0.05, 0) is 22.9 Å². The summed E-state index contributed by atoms with van der Waals surface area (Å²) in [6, 6.07) is 0. The average Bonchev–Trinajstić information content (AvgIpc) is 2.63. The third kappa shape index (κ3) is 2.73. The lowest BCUT2D eigenvalue weighted by atomic mass is 10.5. The summed E-state index contributed by atoms with van der Waals surface area (Å²) >= 11 is 5.06. The number of nitrogens with zero attached hydrogens (tertiary/aromatic N) is 3. The van der Waals surface area contributed by atoms with Gasteiger partial charge in [0.1, 0.15) is 12.1 Å². The highest BCUT2D eigenvalue weighted by Crippen LogP contribution is 2.19. The van der Waals surface area contributed by atoms with Crippen LogP contribution in [0.5, 0.6) is 0 Å². The molecular weight excluding hydrogens is 276 g/mol. The van der Waals surface area contributed by atoms with Gasteiger partial charge in [0.2, 0.25) is 0 Å². The lowest BCUT2D eigenvalue weighted by molar-refractivity contribution is 1.08. The van der Waals surface area contributed by atoms with Gasteiger partial charge in [-0.25, -0.2) is 15.0 Å². The van der Waals surface area contributed by atoms with E-state index in [9.17, 15) is 0 Å². The predicted molar refractivity (Wildman–Crippen MR) is 63.9 cm³/mol. The van der Waals surface area contributed by atoms with Gasteiger partial charge in [0, 0.05) is 17.3 Å². The van der Waals surface area contributed by atoms with Crippen LogP contribution in [0.25, 0.3) is 0 Å². The zero-order valence-electron chi connectivity index (χ0n) is 8.07. The van der Waals surface area contributed by atoms with Crippen molar-refractivity contribution in [2.45, 2.75) is 13.5 Å². The number of aromatic nitrogens is 3. The van der Waals surface area contributed by atoms with Gasteiger partial charge >= 0.3 is 0 Å². The zero-order chi connectivity index (χ0) is 10.7. The minimum Gasteiger partial charge on any atom is -0.364 e. The molecule has 2 rings (SSSR count). The molecule has 4 nitrogen and oxygen atoms in total. The van der Waals surface area contributed by atoms with Crippen molar-refractivity contribution in [2.24, 2.45) is 0 Å². The summed E-state index contributed by atoms with van der Waals surface area (Å²) in [5.74, 6) is 0.802. The first-order valence-electron chi connectivity index (χ1n) is 4.36. The average molecular weight is 285 g/mol. The molecule has 15 heavy (non-hydrogen) atoms. The Morgan fingerprint density at radius 1 is 1.40 bits per heavy atom. The van der Waals surface area contributed by atoms with Crippen molar-refractivity contribution in [3.63, 3.8) is 0 Å². The van der Waals surface area contributed by atoms with Crippen molar-refractivity contribution in [2.75, 3.05) is 5.32 Å². The molecule has 2 aromatic heterocycles. The second-order valence-corrected chi connectivity index (χ2v) is 5.09. The van der Waals surface area contributed by atoms with E-state index in [1.165, 1.54) is 11.2 Å². The first kappa shape index (κ1) is 10.5. The minimum atomic E-state index is 0.737. The third-order valence-corrected chi connectivity index (χ3v) is 3.26. The van der Waals surface area contributed by atoms with Crippen LogP contribution in [0.2, 0.25) is 0 Å². The standard InChI is InChI=1S/C9H9BrN4S/c1-6-12-2-7(15-6)3-13-9-8(10)4-11-5-14-9/h2,4-5H,3H2,1H3,(H,11,13,14). The van der Waals surface area contributed by atoms with E-state index in [0.717, 1.165) is 21.8 Å². The fourth-order valence-electron chi connectivity index (χ4n) is 1.10. The Morgan fingerprint density at radius 2 is 2.27 bits per heavy atom. The van der Waals surface area contributed by atoms with Crippen LogP contribution in [-0.2, 0) is 6.54 Å². The fourth-order valence-corrected chi connectivity index (χ4v) is 2.20. The van der Waals surface area contributed by atoms with Crippen LogP contribution in [0, 0.1) is 6.92 Å². The van der Waals surface area contributed by atoms with Crippen molar-refractivity contribution in [3.05, 3.63) is 33.1 Å². The van der Waals surface area contributed by atoms with E-state index in [0.29, 0.717) is 0 Å². The van der Waals surface area contributed by atoms with E-state index < -0.39 is 0 Å². The summed E-state index contributed by atoms with van der Waals surface area (Å²) in [6.07, 6.45) is 5.11. The molecule has 0 spiro atoms. The summed E-state index contributed by atoms with van der Waals surface area (Å²) in [6.45, 7) is 2.73. The molecule has 0 aliphatic heterocycles. The van der Waals surface area contributed by atoms with Crippen LogP contribution in [0.1, 0.15) is 9.88 Å². The van der Waals surface area contributed by atoms with Gasteiger partial charge in [0.05, 0.1) is 16.0 Å². The number of nitrogens with one attached hydrogen (secondary N) is 1. The summed E-state index contributed by atoms with van der Waals surface area (Å²) in [7, 11) is 0. The first-order chi connectivity index (χ1) is 7.25. The smallest absolute Gasteiger partial charge is 0.144 e. The largest absolute Gasteiger partial charge is 0.364 e. The van der Waals surface area contributed by atoms with Crippen molar-refractivity contribution < 1.29 is 0 Å². The lowest BCUT2D eigenvalue weighted by Gasteiger charge is -2.04. The number of rotatable bonds is 3. The first-order valence-corrected chi connectivity index (χ1v) is 5.97. The minimum absolute atomic E-state index is 0.737. The highest BCUT2D eigenvalue weighted by atomic mass is 79.9. The summed E-state index contributed by atoms with van der Waals surface area (Å²) in [5, 5.41) is 4.29. The van der Waals surface area contributed by atoms with E-state index in [1.54, 1.807) is 17.5 Å². The van der Waals surface area contributed by atoms with E-state index >= 15 is 0 Å². The Labute approximate surface area is 99.9 Å². The van der Waals surface area contributed by atoms with E-state index in [4.69, 9.17) is 0 Å². The highest BCUT2D eigenvalue weighted by molar-refractivity contribution is 9.10. The molecule has 2 aromatic rings.